The Hall–Kier alpha value is -1.15. The van der Waals surface area contributed by atoms with Crippen molar-refractivity contribution in [2.75, 3.05) is 25.4 Å². The van der Waals surface area contributed by atoms with E-state index in [0.29, 0.717) is 32.5 Å². The van der Waals surface area contributed by atoms with Crippen molar-refractivity contribution in [3.8, 4) is 0 Å². The standard InChI is InChI=1S/C11H18N2O5S/c14-10-4-3-9-8-12(5-6-13(9)10)19(17,18)7-1-2-11(15)16/h9H,1-8H2,(H,15,16). The molecule has 2 heterocycles. The Bertz CT molecular complexity index is 475. The molecular weight excluding hydrogens is 272 g/mol. The van der Waals surface area contributed by atoms with Crippen LogP contribution in [0.2, 0.25) is 0 Å². The molecule has 2 rings (SSSR count). The minimum Gasteiger partial charge on any atom is -0.481 e. The minimum atomic E-state index is -3.40. The van der Waals surface area contributed by atoms with Crippen LogP contribution in [0.5, 0.6) is 0 Å². The molecule has 1 N–H and O–H groups in total. The monoisotopic (exact) mass is 290 g/mol. The van der Waals surface area contributed by atoms with Crippen LogP contribution >= 0.6 is 0 Å². The van der Waals surface area contributed by atoms with Crippen molar-refractivity contribution < 1.29 is 23.1 Å². The van der Waals surface area contributed by atoms with Crippen LogP contribution in [0.4, 0.5) is 0 Å². The highest BCUT2D eigenvalue weighted by molar-refractivity contribution is 7.89. The Balaban J connectivity index is 1.91. The number of sulfonamides is 1. The molecule has 108 valence electrons. The first kappa shape index (κ1) is 14.3. The predicted octanol–water partition coefficient (Wildman–Crippen LogP) is -0.512. The zero-order valence-electron chi connectivity index (χ0n) is 10.6. The second kappa shape index (κ2) is 5.46. The SMILES string of the molecule is O=C(O)CCCS(=O)(=O)N1CCN2C(=O)CCC2C1. The third-order valence-electron chi connectivity index (χ3n) is 3.64. The number of nitrogens with zero attached hydrogens (tertiary/aromatic N) is 2. The number of fused-ring (bicyclic) bond motifs is 1. The number of carbonyl (C=O) groups is 2. The first-order valence-electron chi connectivity index (χ1n) is 6.39. The molecule has 0 aromatic carbocycles. The quantitative estimate of drug-likeness (QED) is 0.735. The van der Waals surface area contributed by atoms with Crippen LogP contribution in [0.15, 0.2) is 0 Å². The molecule has 8 heteroatoms. The number of carboxylic acid groups (broad SMARTS) is 1. The number of carboxylic acids is 1. The molecule has 2 aliphatic rings. The lowest BCUT2D eigenvalue weighted by Crippen LogP contribution is -2.53. The molecule has 0 saturated carbocycles. The highest BCUT2D eigenvalue weighted by Gasteiger charge is 2.38. The number of hydrogen-bond donors (Lipinski definition) is 1. The third kappa shape index (κ3) is 3.24. The molecule has 7 nitrogen and oxygen atoms in total. The average Bonchev–Trinajstić information content (AvgIpc) is 2.70. The van der Waals surface area contributed by atoms with E-state index in [2.05, 4.69) is 0 Å². The van der Waals surface area contributed by atoms with Gasteiger partial charge in [0.1, 0.15) is 0 Å². The topological polar surface area (TPSA) is 95.0 Å². The van der Waals surface area contributed by atoms with Gasteiger partial charge in [0.05, 0.1) is 5.75 Å². The Morgan fingerprint density at radius 3 is 2.79 bits per heavy atom. The molecule has 0 aliphatic carbocycles. The van der Waals surface area contributed by atoms with E-state index in [-0.39, 0.29) is 30.5 Å². The summed E-state index contributed by atoms with van der Waals surface area (Å²) in [6.07, 6.45) is 1.19. The Morgan fingerprint density at radius 1 is 1.37 bits per heavy atom. The van der Waals surface area contributed by atoms with Crippen LogP contribution in [0, 0.1) is 0 Å². The number of hydrogen-bond acceptors (Lipinski definition) is 4. The van der Waals surface area contributed by atoms with Crippen molar-refractivity contribution >= 4 is 21.9 Å². The van der Waals surface area contributed by atoms with Crippen molar-refractivity contribution in [1.82, 2.24) is 9.21 Å². The van der Waals surface area contributed by atoms with Gasteiger partial charge in [0.2, 0.25) is 15.9 Å². The fourth-order valence-electron chi connectivity index (χ4n) is 2.62. The van der Waals surface area contributed by atoms with Crippen molar-refractivity contribution in [2.45, 2.75) is 31.7 Å². The summed E-state index contributed by atoms with van der Waals surface area (Å²) in [7, 11) is -3.40. The highest BCUT2D eigenvalue weighted by atomic mass is 32.2. The number of piperazine rings is 1. The van der Waals surface area contributed by atoms with Gasteiger partial charge in [-0.15, -0.1) is 0 Å². The van der Waals surface area contributed by atoms with Crippen molar-refractivity contribution in [2.24, 2.45) is 0 Å². The van der Waals surface area contributed by atoms with E-state index in [1.165, 1.54) is 4.31 Å². The predicted molar refractivity (Wildman–Crippen MR) is 67.0 cm³/mol. The summed E-state index contributed by atoms with van der Waals surface area (Å²) in [6, 6.07) is -0.00417. The third-order valence-corrected chi connectivity index (χ3v) is 5.57. The second-order valence-electron chi connectivity index (χ2n) is 4.95. The van der Waals surface area contributed by atoms with Crippen LogP contribution in [0.1, 0.15) is 25.7 Å². The molecule has 1 unspecified atom stereocenters. The second-order valence-corrected chi connectivity index (χ2v) is 7.04. The lowest BCUT2D eigenvalue weighted by molar-refractivity contribution is -0.137. The van der Waals surface area contributed by atoms with Gasteiger partial charge in [0.25, 0.3) is 0 Å². The van der Waals surface area contributed by atoms with Gasteiger partial charge < -0.3 is 10.0 Å². The molecule has 0 spiro atoms. The number of rotatable bonds is 5. The summed E-state index contributed by atoms with van der Waals surface area (Å²) in [5.41, 5.74) is 0. The van der Waals surface area contributed by atoms with Gasteiger partial charge in [-0.05, 0) is 12.8 Å². The first-order valence-corrected chi connectivity index (χ1v) is 8.00. The van der Waals surface area contributed by atoms with Gasteiger partial charge in [-0.1, -0.05) is 0 Å². The Morgan fingerprint density at radius 2 is 2.11 bits per heavy atom. The summed E-state index contributed by atoms with van der Waals surface area (Å²) in [4.78, 5) is 23.7. The number of carbonyl (C=O) groups excluding carboxylic acids is 1. The van der Waals surface area contributed by atoms with Crippen molar-refractivity contribution in [3.05, 3.63) is 0 Å². The summed E-state index contributed by atoms with van der Waals surface area (Å²) < 4.78 is 25.5. The average molecular weight is 290 g/mol. The van der Waals surface area contributed by atoms with Crippen LogP contribution in [0.3, 0.4) is 0 Å². The zero-order valence-corrected chi connectivity index (χ0v) is 11.4. The zero-order chi connectivity index (χ0) is 14.0. The first-order chi connectivity index (χ1) is 8.90. The molecule has 2 saturated heterocycles. The lowest BCUT2D eigenvalue weighted by atomic mass is 10.2. The molecule has 0 aromatic heterocycles. The van der Waals surface area contributed by atoms with E-state index < -0.39 is 16.0 Å². The highest BCUT2D eigenvalue weighted by Crippen LogP contribution is 2.24. The smallest absolute Gasteiger partial charge is 0.303 e. The minimum absolute atomic E-state index is 0.00417. The van der Waals surface area contributed by atoms with Crippen LogP contribution < -0.4 is 0 Å². The van der Waals surface area contributed by atoms with Crippen molar-refractivity contribution in [3.63, 3.8) is 0 Å². The maximum atomic E-state index is 12.1. The van der Waals surface area contributed by atoms with Gasteiger partial charge in [-0.2, -0.15) is 4.31 Å². The van der Waals surface area contributed by atoms with Crippen LogP contribution in [-0.2, 0) is 19.6 Å². The summed E-state index contributed by atoms with van der Waals surface area (Å²) in [5.74, 6) is -1.02. The van der Waals surface area contributed by atoms with Crippen LogP contribution in [0.25, 0.3) is 0 Å². The normalized spacial score (nSPS) is 24.5. The van der Waals surface area contributed by atoms with Crippen LogP contribution in [-0.4, -0.2) is 66.0 Å². The molecule has 19 heavy (non-hydrogen) atoms. The molecular formula is C11H18N2O5S. The summed E-state index contributed by atoms with van der Waals surface area (Å²) >= 11 is 0. The molecule has 2 fully saturated rings. The fourth-order valence-corrected chi connectivity index (χ4v) is 4.15. The number of aliphatic carboxylic acids is 1. The summed E-state index contributed by atoms with van der Waals surface area (Å²) in [5, 5.41) is 8.52. The van der Waals surface area contributed by atoms with E-state index in [1.807, 2.05) is 0 Å². The van der Waals surface area contributed by atoms with Gasteiger partial charge in [-0.25, -0.2) is 8.42 Å². The molecule has 0 bridgehead atoms. The molecule has 1 amide bonds. The van der Waals surface area contributed by atoms with Gasteiger partial charge in [0, 0.05) is 38.5 Å². The summed E-state index contributed by atoms with van der Waals surface area (Å²) in [6.45, 7) is 1.11. The van der Waals surface area contributed by atoms with E-state index in [9.17, 15) is 18.0 Å². The van der Waals surface area contributed by atoms with Gasteiger partial charge in [0.15, 0.2) is 0 Å². The van der Waals surface area contributed by atoms with Gasteiger partial charge in [-0.3, -0.25) is 9.59 Å². The lowest BCUT2D eigenvalue weighted by Gasteiger charge is -2.36. The molecule has 2 aliphatic heterocycles. The van der Waals surface area contributed by atoms with E-state index >= 15 is 0 Å². The molecule has 0 aromatic rings. The maximum absolute atomic E-state index is 12.1. The Kier molecular flexibility index (Phi) is 4.10. The molecule has 1 atom stereocenters. The molecule has 0 radical (unpaired) electrons. The van der Waals surface area contributed by atoms with E-state index in [4.69, 9.17) is 5.11 Å². The van der Waals surface area contributed by atoms with Crippen molar-refractivity contribution in [1.29, 1.82) is 0 Å². The van der Waals surface area contributed by atoms with Gasteiger partial charge >= 0.3 is 5.97 Å². The number of amides is 1. The Labute approximate surface area is 112 Å². The largest absolute Gasteiger partial charge is 0.481 e. The maximum Gasteiger partial charge on any atom is 0.303 e. The van der Waals surface area contributed by atoms with E-state index in [0.717, 1.165) is 0 Å². The fraction of sp³-hybridized carbons (Fsp3) is 0.818. The van der Waals surface area contributed by atoms with E-state index in [1.54, 1.807) is 4.90 Å².